The van der Waals surface area contributed by atoms with Gasteiger partial charge in [-0.15, -0.1) is 0 Å². The van der Waals surface area contributed by atoms with Crippen molar-refractivity contribution in [3.63, 3.8) is 0 Å². The molecular formula is C15H26O. The fraction of sp³-hybridized carbons (Fsp3) is 0.800. The normalized spacial score (nSPS) is 23.2. The highest BCUT2D eigenvalue weighted by Gasteiger charge is 2.27. The molecule has 1 saturated carbocycles. The minimum Gasteiger partial charge on any atom is -0.294 e. The van der Waals surface area contributed by atoms with Crippen LogP contribution in [0, 0.1) is 5.92 Å². The number of rotatable bonds is 7. The number of Topliss-reactive ketones (excluding diaryl/α,β-unsaturated/α-hetero) is 1. The number of carbonyl (C=O) groups is 1. The molecule has 1 heteroatoms. The summed E-state index contributed by atoms with van der Waals surface area (Å²) in [6, 6.07) is 0. The molecule has 1 atom stereocenters. The highest BCUT2D eigenvalue weighted by atomic mass is 16.1. The summed E-state index contributed by atoms with van der Waals surface area (Å²) in [4.78, 5) is 12.0. The van der Waals surface area contributed by atoms with Gasteiger partial charge in [-0.2, -0.15) is 0 Å². The van der Waals surface area contributed by atoms with Gasteiger partial charge < -0.3 is 0 Å². The highest BCUT2D eigenvalue weighted by molar-refractivity contribution is 5.99. The van der Waals surface area contributed by atoms with E-state index in [0.29, 0.717) is 11.7 Å². The van der Waals surface area contributed by atoms with E-state index in [-0.39, 0.29) is 0 Å². The van der Waals surface area contributed by atoms with Crippen molar-refractivity contribution in [1.29, 1.82) is 0 Å². The van der Waals surface area contributed by atoms with E-state index in [9.17, 15) is 4.79 Å². The van der Waals surface area contributed by atoms with Gasteiger partial charge in [0, 0.05) is 5.92 Å². The van der Waals surface area contributed by atoms with Crippen LogP contribution in [0.25, 0.3) is 0 Å². The molecule has 0 aromatic heterocycles. The summed E-state index contributed by atoms with van der Waals surface area (Å²) in [5, 5.41) is 0. The maximum Gasteiger partial charge on any atom is 0.161 e. The smallest absolute Gasteiger partial charge is 0.161 e. The lowest BCUT2D eigenvalue weighted by molar-refractivity contribution is -0.118. The van der Waals surface area contributed by atoms with Crippen LogP contribution in [0.3, 0.4) is 0 Å². The molecule has 1 aliphatic rings. The largest absolute Gasteiger partial charge is 0.294 e. The van der Waals surface area contributed by atoms with Crippen LogP contribution in [-0.4, -0.2) is 5.78 Å². The third-order valence-corrected chi connectivity index (χ3v) is 3.55. The van der Waals surface area contributed by atoms with Crippen molar-refractivity contribution in [2.24, 2.45) is 5.92 Å². The minimum absolute atomic E-state index is 0.361. The van der Waals surface area contributed by atoms with Crippen molar-refractivity contribution in [3.8, 4) is 0 Å². The molecule has 0 aromatic carbocycles. The Balaban J connectivity index is 2.32. The van der Waals surface area contributed by atoms with E-state index >= 15 is 0 Å². The third kappa shape index (κ3) is 4.11. The molecule has 92 valence electrons. The van der Waals surface area contributed by atoms with Gasteiger partial charge in [-0.05, 0) is 31.3 Å². The van der Waals surface area contributed by atoms with E-state index in [1.54, 1.807) is 0 Å². The first-order chi connectivity index (χ1) is 7.79. The molecule has 1 unspecified atom stereocenters. The van der Waals surface area contributed by atoms with Crippen LogP contribution in [-0.2, 0) is 4.79 Å². The first kappa shape index (κ1) is 13.5. The van der Waals surface area contributed by atoms with Gasteiger partial charge in [0.25, 0.3) is 0 Å². The molecule has 0 aromatic rings. The van der Waals surface area contributed by atoms with Crippen LogP contribution in [0.1, 0.15) is 71.6 Å². The molecule has 0 amide bonds. The zero-order valence-corrected chi connectivity index (χ0v) is 10.9. The Hall–Kier alpha value is -0.590. The summed E-state index contributed by atoms with van der Waals surface area (Å²) in [6.45, 7) is 4.41. The van der Waals surface area contributed by atoms with Crippen molar-refractivity contribution in [2.45, 2.75) is 71.6 Å². The summed E-state index contributed by atoms with van der Waals surface area (Å²) < 4.78 is 0. The molecule has 0 N–H and O–H groups in total. The second-order valence-corrected chi connectivity index (χ2v) is 4.97. The molecule has 0 saturated heterocycles. The first-order valence-electron chi connectivity index (χ1n) is 7.02. The van der Waals surface area contributed by atoms with Crippen molar-refractivity contribution in [3.05, 3.63) is 11.6 Å². The standard InChI is InChI=1S/C15H26O/c1-3-5-7-9-13-11-12-14(15(13)16)10-8-6-4-2/h9,14H,3-8,10-12H2,1-2H3/b13-9+. The van der Waals surface area contributed by atoms with Gasteiger partial charge in [0.05, 0.1) is 0 Å². The maximum atomic E-state index is 12.0. The maximum absolute atomic E-state index is 12.0. The lowest BCUT2D eigenvalue weighted by Crippen LogP contribution is -2.07. The zero-order chi connectivity index (χ0) is 11.8. The summed E-state index contributed by atoms with van der Waals surface area (Å²) in [6.07, 6.45) is 12.8. The Morgan fingerprint density at radius 1 is 1.19 bits per heavy atom. The van der Waals surface area contributed by atoms with Crippen molar-refractivity contribution >= 4 is 5.78 Å². The van der Waals surface area contributed by atoms with E-state index in [1.807, 2.05) is 0 Å². The zero-order valence-electron chi connectivity index (χ0n) is 10.9. The van der Waals surface area contributed by atoms with Crippen LogP contribution in [0.15, 0.2) is 11.6 Å². The molecule has 1 nitrogen and oxygen atoms in total. The molecule has 16 heavy (non-hydrogen) atoms. The van der Waals surface area contributed by atoms with Crippen molar-refractivity contribution < 1.29 is 4.79 Å². The third-order valence-electron chi connectivity index (χ3n) is 3.55. The van der Waals surface area contributed by atoms with Gasteiger partial charge in [0.1, 0.15) is 0 Å². The van der Waals surface area contributed by atoms with E-state index in [2.05, 4.69) is 19.9 Å². The number of carbonyl (C=O) groups excluding carboxylic acids is 1. The second kappa shape index (κ2) is 7.65. The predicted octanol–water partition coefficient (Wildman–Crippen LogP) is 4.66. The van der Waals surface area contributed by atoms with Crippen LogP contribution in [0.4, 0.5) is 0 Å². The van der Waals surface area contributed by atoms with Crippen molar-refractivity contribution in [2.75, 3.05) is 0 Å². The minimum atomic E-state index is 0.361. The Kier molecular flexibility index (Phi) is 6.44. The topological polar surface area (TPSA) is 17.1 Å². The molecule has 1 rings (SSSR count). The van der Waals surface area contributed by atoms with Gasteiger partial charge in [-0.1, -0.05) is 52.0 Å². The molecule has 0 aliphatic heterocycles. The Bertz CT molecular complexity index is 240. The average molecular weight is 222 g/mol. The average Bonchev–Trinajstić information content (AvgIpc) is 2.62. The molecule has 0 radical (unpaired) electrons. The summed E-state index contributed by atoms with van der Waals surface area (Å²) in [5.74, 6) is 0.826. The van der Waals surface area contributed by atoms with Gasteiger partial charge in [-0.25, -0.2) is 0 Å². The van der Waals surface area contributed by atoms with Crippen LogP contribution < -0.4 is 0 Å². The molecule has 0 spiro atoms. The molecule has 0 bridgehead atoms. The van der Waals surface area contributed by atoms with Crippen LogP contribution in [0.2, 0.25) is 0 Å². The van der Waals surface area contributed by atoms with E-state index < -0.39 is 0 Å². The number of allylic oxidation sites excluding steroid dienone is 2. The van der Waals surface area contributed by atoms with Crippen LogP contribution >= 0.6 is 0 Å². The predicted molar refractivity (Wildman–Crippen MR) is 69.5 cm³/mol. The SMILES string of the molecule is CCCC/C=C1\CCC(CCCCC)C1=O. The van der Waals surface area contributed by atoms with Gasteiger partial charge in [0.15, 0.2) is 5.78 Å². The molecule has 1 fully saturated rings. The molecule has 0 heterocycles. The lowest BCUT2D eigenvalue weighted by atomic mass is 9.98. The summed E-state index contributed by atoms with van der Waals surface area (Å²) >= 11 is 0. The monoisotopic (exact) mass is 222 g/mol. The highest BCUT2D eigenvalue weighted by Crippen LogP contribution is 2.30. The van der Waals surface area contributed by atoms with Gasteiger partial charge in [-0.3, -0.25) is 4.79 Å². The lowest BCUT2D eigenvalue weighted by Gasteiger charge is -2.05. The van der Waals surface area contributed by atoms with Gasteiger partial charge >= 0.3 is 0 Å². The first-order valence-corrected chi connectivity index (χ1v) is 7.02. The Morgan fingerprint density at radius 3 is 2.62 bits per heavy atom. The van der Waals surface area contributed by atoms with E-state index in [1.165, 1.54) is 32.1 Å². The van der Waals surface area contributed by atoms with E-state index in [0.717, 1.165) is 31.3 Å². The summed E-state index contributed by atoms with van der Waals surface area (Å²) in [7, 11) is 0. The second-order valence-electron chi connectivity index (χ2n) is 4.97. The fourth-order valence-corrected chi connectivity index (χ4v) is 2.45. The van der Waals surface area contributed by atoms with Gasteiger partial charge in [0.2, 0.25) is 0 Å². The van der Waals surface area contributed by atoms with Crippen LogP contribution in [0.5, 0.6) is 0 Å². The quantitative estimate of drug-likeness (QED) is 0.452. The van der Waals surface area contributed by atoms with Crippen molar-refractivity contribution in [1.82, 2.24) is 0 Å². The van der Waals surface area contributed by atoms with E-state index in [4.69, 9.17) is 0 Å². The molecular weight excluding hydrogens is 196 g/mol. The summed E-state index contributed by atoms with van der Waals surface area (Å²) in [5.41, 5.74) is 1.13. The fourth-order valence-electron chi connectivity index (χ4n) is 2.45. The Morgan fingerprint density at radius 2 is 1.94 bits per heavy atom. The number of ketones is 1. The number of unbranched alkanes of at least 4 members (excludes halogenated alkanes) is 4. The number of hydrogen-bond donors (Lipinski definition) is 0. The molecule has 1 aliphatic carbocycles. The number of hydrogen-bond acceptors (Lipinski definition) is 1. The Labute approximate surface area is 100 Å².